The Kier molecular flexibility index (Phi) is 8.49. The Balaban J connectivity index is 0.00000387. The number of hydrogen-bond donors (Lipinski definition) is 0. The van der Waals surface area contributed by atoms with Crippen LogP contribution in [0, 0.1) is 17.8 Å². The number of nitrogens with zero attached hydrogens (tertiary/aromatic N) is 1. The molecule has 0 saturated carbocycles. The first-order valence-electron chi connectivity index (χ1n) is 13.9. The number of methoxy groups -OCH3 is 1. The number of allylic oxidation sites excluding steroid dienone is 4. The number of rotatable bonds is 5. The molecule has 0 amide bonds. The van der Waals surface area contributed by atoms with Crippen molar-refractivity contribution in [2.24, 2.45) is 10.8 Å². The monoisotopic (exact) mass is 565 g/mol. The Bertz CT molecular complexity index is 1480. The smallest absolute Gasteiger partial charge is 0.543 e. The zero-order valence-electron chi connectivity index (χ0n) is 25.3. The van der Waals surface area contributed by atoms with E-state index >= 15 is 0 Å². The molecule has 5 rings (SSSR count). The van der Waals surface area contributed by atoms with Crippen molar-refractivity contribution < 1.29 is 58.5 Å². The number of carbonyl (C=O) groups is 3. The van der Waals surface area contributed by atoms with Crippen molar-refractivity contribution in [2.45, 2.75) is 79.6 Å². The first-order chi connectivity index (χ1) is 18.8. The normalized spacial score (nSPS) is 19.7. The van der Waals surface area contributed by atoms with Gasteiger partial charge < -0.3 is 19.4 Å². The number of aromatic carboxylic acids is 1. The quantitative estimate of drug-likeness (QED) is 0.513. The molecule has 0 radical (unpaired) electrons. The summed E-state index contributed by atoms with van der Waals surface area (Å²) in [6.07, 6.45) is 2.39. The van der Waals surface area contributed by atoms with Gasteiger partial charge in [-0.25, -0.2) is 4.98 Å². The second kappa shape index (κ2) is 11.2. The van der Waals surface area contributed by atoms with Crippen molar-refractivity contribution in [3.8, 4) is 17.0 Å². The van der Waals surface area contributed by atoms with Gasteiger partial charge in [0.1, 0.15) is 17.3 Å². The van der Waals surface area contributed by atoms with Crippen molar-refractivity contribution in [1.29, 1.82) is 0 Å². The Labute approximate surface area is 263 Å². The molecule has 2 heterocycles. The summed E-state index contributed by atoms with van der Waals surface area (Å²) < 4.78 is 12.3. The summed E-state index contributed by atoms with van der Waals surface area (Å²) in [5.74, 6) is -0.221. The predicted octanol–water partition coefficient (Wildman–Crippen LogP) is 2.40. The molecule has 0 unspecified atom stereocenters. The fourth-order valence-electron chi connectivity index (χ4n) is 6.58. The number of aryl methyl sites for hydroxylation is 1. The fourth-order valence-corrected chi connectivity index (χ4v) is 6.58. The van der Waals surface area contributed by atoms with E-state index in [-0.39, 0.29) is 57.6 Å². The molecule has 0 fully saturated rings. The summed E-state index contributed by atoms with van der Waals surface area (Å²) in [6.45, 7) is 12.0. The largest absolute Gasteiger partial charge is 1.00 e. The van der Waals surface area contributed by atoms with E-state index in [1.807, 2.05) is 19.9 Å². The van der Waals surface area contributed by atoms with Gasteiger partial charge in [0.05, 0.1) is 30.4 Å². The van der Waals surface area contributed by atoms with E-state index in [1.54, 1.807) is 25.3 Å². The number of aromatic nitrogens is 1. The van der Waals surface area contributed by atoms with E-state index in [2.05, 4.69) is 32.7 Å². The van der Waals surface area contributed by atoms with Gasteiger partial charge in [-0.3, -0.25) is 9.59 Å². The molecule has 0 N–H and O–H groups in total. The average molecular weight is 566 g/mol. The summed E-state index contributed by atoms with van der Waals surface area (Å²) in [6, 6.07) is 7.19. The zero-order chi connectivity index (χ0) is 29.1. The molecule has 3 aliphatic rings. The summed E-state index contributed by atoms with van der Waals surface area (Å²) in [4.78, 5) is 43.9. The predicted molar refractivity (Wildman–Crippen MR) is 149 cm³/mol. The van der Waals surface area contributed by atoms with Crippen LogP contribution in [0.5, 0.6) is 5.75 Å². The number of Topliss-reactive ketones (excluding diaryl/α,β-unsaturated/α-hetero) is 2. The average Bonchev–Trinajstić information content (AvgIpc) is 2.85. The van der Waals surface area contributed by atoms with Crippen LogP contribution in [0.25, 0.3) is 11.3 Å². The minimum absolute atomic E-state index is 0. The maximum Gasteiger partial charge on any atom is 1.00 e. The Hall–Kier alpha value is -2.74. The van der Waals surface area contributed by atoms with Crippen LogP contribution in [0.2, 0.25) is 0 Å². The molecule has 0 bridgehead atoms. The van der Waals surface area contributed by atoms with E-state index in [4.69, 9.17) is 9.47 Å². The SMILES string of the molecule is CCc1ccc(-c2ccc(OC)c(C3C4=C(CC(C)(C)CC4=O)OC4=C3C(=O)CC(C)(C)C4)c2C)nc1C(=O)[O-].[Na+]. The molecule has 1 aliphatic heterocycles. The van der Waals surface area contributed by atoms with Gasteiger partial charge in [0, 0.05) is 48.0 Å². The van der Waals surface area contributed by atoms with Crippen molar-refractivity contribution in [3.63, 3.8) is 0 Å². The van der Waals surface area contributed by atoms with Crippen LogP contribution in [0.3, 0.4) is 0 Å². The fraction of sp³-hybridized carbons (Fsp3) is 0.455. The molecule has 41 heavy (non-hydrogen) atoms. The van der Waals surface area contributed by atoms with Gasteiger partial charge in [0.25, 0.3) is 0 Å². The summed E-state index contributed by atoms with van der Waals surface area (Å²) in [5.41, 5.74) is 3.66. The third kappa shape index (κ3) is 5.56. The van der Waals surface area contributed by atoms with E-state index in [0.717, 1.165) is 5.56 Å². The van der Waals surface area contributed by atoms with E-state index < -0.39 is 11.9 Å². The van der Waals surface area contributed by atoms with Gasteiger partial charge in [-0.15, -0.1) is 0 Å². The zero-order valence-corrected chi connectivity index (χ0v) is 27.3. The molecule has 2 aromatic rings. The Morgan fingerprint density at radius 2 is 1.54 bits per heavy atom. The summed E-state index contributed by atoms with van der Waals surface area (Å²) >= 11 is 0. The van der Waals surface area contributed by atoms with Crippen LogP contribution in [-0.2, 0) is 20.7 Å². The van der Waals surface area contributed by atoms with Gasteiger partial charge in [-0.2, -0.15) is 0 Å². The van der Waals surface area contributed by atoms with Gasteiger partial charge in [-0.1, -0.05) is 40.7 Å². The van der Waals surface area contributed by atoms with E-state index in [9.17, 15) is 19.5 Å². The second-order valence-electron chi connectivity index (χ2n) is 12.8. The number of ketones is 2. The van der Waals surface area contributed by atoms with E-state index in [1.165, 1.54) is 0 Å². The van der Waals surface area contributed by atoms with Gasteiger partial charge in [-0.05, 0) is 53.5 Å². The first kappa shape index (κ1) is 31.2. The number of benzene rings is 1. The van der Waals surface area contributed by atoms with Crippen molar-refractivity contribution in [1.82, 2.24) is 4.98 Å². The molecule has 0 spiro atoms. The van der Waals surface area contributed by atoms with Crippen LogP contribution in [-0.4, -0.2) is 29.6 Å². The van der Waals surface area contributed by atoms with Crippen LogP contribution in [0.15, 0.2) is 46.9 Å². The molecular weight excluding hydrogens is 529 g/mol. The molecular formula is C33H36NNaO6. The Morgan fingerprint density at radius 1 is 0.976 bits per heavy atom. The molecule has 0 atom stereocenters. The van der Waals surface area contributed by atoms with Crippen molar-refractivity contribution in [2.75, 3.05) is 7.11 Å². The van der Waals surface area contributed by atoms with Gasteiger partial charge in [0.2, 0.25) is 0 Å². The third-order valence-corrected chi connectivity index (χ3v) is 8.39. The molecule has 0 saturated heterocycles. The van der Waals surface area contributed by atoms with Crippen LogP contribution in [0.4, 0.5) is 0 Å². The van der Waals surface area contributed by atoms with Gasteiger partial charge >= 0.3 is 29.6 Å². The molecule has 1 aromatic carbocycles. The molecule has 2 aliphatic carbocycles. The molecule has 210 valence electrons. The first-order valence-corrected chi connectivity index (χ1v) is 13.9. The second-order valence-corrected chi connectivity index (χ2v) is 12.8. The maximum atomic E-state index is 13.8. The number of carboxylic acids is 1. The number of carboxylic acid groups (broad SMARTS) is 1. The summed E-state index contributed by atoms with van der Waals surface area (Å²) in [7, 11) is 1.57. The van der Waals surface area contributed by atoms with Crippen LogP contribution >= 0.6 is 0 Å². The van der Waals surface area contributed by atoms with Crippen molar-refractivity contribution >= 4 is 17.5 Å². The van der Waals surface area contributed by atoms with E-state index in [0.29, 0.717) is 82.9 Å². The topological polar surface area (TPSA) is 106 Å². The molecule has 8 heteroatoms. The minimum Gasteiger partial charge on any atom is -0.543 e. The molecule has 7 nitrogen and oxygen atoms in total. The third-order valence-electron chi connectivity index (χ3n) is 8.39. The molecule has 1 aromatic heterocycles. The van der Waals surface area contributed by atoms with Crippen LogP contribution < -0.4 is 39.4 Å². The van der Waals surface area contributed by atoms with Crippen molar-refractivity contribution in [3.05, 3.63) is 69.3 Å². The summed E-state index contributed by atoms with van der Waals surface area (Å²) in [5, 5.41) is 11.9. The van der Waals surface area contributed by atoms with Gasteiger partial charge in [0.15, 0.2) is 11.6 Å². The number of ether oxygens (including phenoxy) is 2. The number of pyridine rings is 1. The minimum atomic E-state index is -1.33. The number of carbonyl (C=O) groups excluding carboxylic acids is 3. The Morgan fingerprint density at radius 3 is 2.02 bits per heavy atom. The van der Waals surface area contributed by atoms with Crippen LogP contribution in [0.1, 0.15) is 93.4 Å². The maximum absolute atomic E-state index is 13.8. The number of hydrogen-bond acceptors (Lipinski definition) is 7. The standard InChI is InChI=1S/C33H37NO6.Na/c1-8-18-9-11-20(34-30(18)31(37)38)19-10-12-23(39-7)26(17(19)2)29-27-21(35)13-32(3,4)15-24(27)40-25-16-33(5,6)14-22(36)28(25)29;/h9-12,29H,8,13-16H2,1-7H3,(H,37,38);/q;+1/p-1.